The van der Waals surface area contributed by atoms with Gasteiger partial charge < -0.3 is 19.9 Å². The molecule has 0 atom stereocenters. The molecule has 2 aromatic heterocycles. The second-order valence-electron chi connectivity index (χ2n) is 7.31. The van der Waals surface area contributed by atoms with Crippen LogP contribution in [-0.2, 0) is 18.4 Å². The summed E-state index contributed by atoms with van der Waals surface area (Å²) in [4.78, 5) is 18.4. The average molecular weight is 417 g/mol. The molecule has 1 amide bonds. The van der Waals surface area contributed by atoms with Crippen LogP contribution in [0, 0.1) is 6.92 Å². The van der Waals surface area contributed by atoms with E-state index in [9.17, 15) is 9.90 Å². The van der Waals surface area contributed by atoms with Crippen molar-refractivity contribution < 1.29 is 19.4 Å². The Kier molecular flexibility index (Phi) is 5.53. The van der Waals surface area contributed by atoms with Crippen molar-refractivity contribution in [2.75, 3.05) is 19.8 Å². The van der Waals surface area contributed by atoms with E-state index in [0.717, 1.165) is 10.6 Å². The molecule has 0 unspecified atom stereocenters. The fourth-order valence-corrected chi connectivity index (χ4v) is 4.22. The Hall–Kier alpha value is -2.49. The number of rotatable bonds is 6. The highest BCUT2D eigenvalue weighted by Gasteiger charge is 2.35. The predicted molar refractivity (Wildman–Crippen MR) is 109 cm³/mol. The molecule has 29 heavy (non-hydrogen) atoms. The Bertz CT molecular complexity index is 1020. The van der Waals surface area contributed by atoms with Crippen LogP contribution < -0.4 is 10.1 Å². The second kappa shape index (κ2) is 8.10. The van der Waals surface area contributed by atoms with Crippen molar-refractivity contribution in [1.82, 2.24) is 20.1 Å². The fourth-order valence-electron chi connectivity index (χ4n) is 3.54. The molecule has 9 heteroatoms. The summed E-state index contributed by atoms with van der Waals surface area (Å²) in [5.41, 5.74) is 3.25. The zero-order valence-corrected chi connectivity index (χ0v) is 17.3. The van der Waals surface area contributed by atoms with Crippen molar-refractivity contribution in [1.29, 1.82) is 0 Å². The van der Waals surface area contributed by atoms with E-state index in [1.54, 1.807) is 28.6 Å². The number of hydrogen-bond donors (Lipinski definition) is 2. The second-order valence-corrected chi connectivity index (χ2v) is 8.25. The molecule has 8 nitrogen and oxygen atoms in total. The van der Waals surface area contributed by atoms with Crippen molar-refractivity contribution in [2.45, 2.75) is 31.9 Å². The lowest BCUT2D eigenvalue weighted by atomic mass is 9.90. The van der Waals surface area contributed by atoms with Crippen LogP contribution in [0.3, 0.4) is 0 Å². The standard InChI is InChI=1S/C20H24N4O4S/c1-13-17(29-12-21-13)10-28-14-3-4-16-15(9-14)18(24(2)23-16)19(26)22-20(11-25)5-7-27-8-6-20/h3-4,9,12,25H,5-8,10-11H2,1-2H3,(H,22,26). The number of carbonyl (C=O) groups excluding carboxylic acids is 1. The number of aliphatic hydroxyl groups is 1. The third-order valence-corrected chi connectivity index (χ3v) is 6.27. The zero-order chi connectivity index (χ0) is 20.4. The van der Waals surface area contributed by atoms with Gasteiger partial charge in [0.25, 0.3) is 5.91 Å². The van der Waals surface area contributed by atoms with E-state index < -0.39 is 5.54 Å². The Morgan fingerprint density at radius 1 is 1.41 bits per heavy atom. The first-order chi connectivity index (χ1) is 14.0. The summed E-state index contributed by atoms with van der Waals surface area (Å²) in [6.45, 7) is 3.29. The number of aromatic nitrogens is 3. The summed E-state index contributed by atoms with van der Waals surface area (Å²) in [5.74, 6) is 0.400. The lowest BCUT2D eigenvalue weighted by Gasteiger charge is -2.36. The van der Waals surface area contributed by atoms with Crippen LogP contribution in [0.25, 0.3) is 10.9 Å². The minimum absolute atomic E-state index is 0.125. The molecule has 1 fully saturated rings. The minimum atomic E-state index is -0.663. The van der Waals surface area contributed by atoms with Gasteiger partial charge in [0.05, 0.1) is 33.7 Å². The summed E-state index contributed by atoms with van der Waals surface area (Å²) >= 11 is 1.56. The van der Waals surface area contributed by atoms with Gasteiger partial charge in [-0.25, -0.2) is 4.98 Å². The number of aryl methyl sites for hydroxylation is 2. The van der Waals surface area contributed by atoms with Crippen LogP contribution in [0.5, 0.6) is 5.75 Å². The Morgan fingerprint density at radius 3 is 2.90 bits per heavy atom. The lowest BCUT2D eigenvalue weighted by molar-refractivity contribution is 0.0124. The highest BCUT2D eigenvalue weighted by Crippen LogP contribution is 2.27. The molecular weight excluding hydrogens is 392 g/mol. The summed E-state index contributed by atoms with van der Waals surface area (Å²) in [6, 6.07) is 5.53. The third kappa shape index (κ3) is 3.98. The summed E-state index contributed by atoms with van der Waals surface area (Å²) in [7, 11) is 1.74. The maximum Gasteiger partial charge on any atom is 0.270 e. The molecule has 0 radical (unpaired) electrons. The molecule has 2 N–H and O–H groups in total. The number of ether oxygens (including phenoxy) is 2. The van der Waals surface area contributed by atoms with Gasteiger partial charge in [-0.05, 0) is 38.0 Å². The number of hydrogen-bond acceptors (Lipinski definition) is 7. The van der Waals surface area contributed by atoms with Crippen molar-refractivity contribution in [2.24, 2.45) is 7.05 Å². The zero-order valence-electron chi connectivity index (χ0n) is 16.5. The molecule has 3 heterocycles. The molecule has 0 spiro atoms. The predicted octanol–water partition coefficient (Wildman–Crippen LogP) is 2.19. The molecule has 1 aromatic carbocycles. The van der Waals surface area contributed by atoms with Crippen molar-refractivity contribution in [3.05, 3.63) is 40.0 Å². The molecule has 1 aliphatic heterocycles. The first kappa shape index (κ1) is 19.8. The van der Waals surface area contributed by atoms with Gasteiger partial charge >= 0.3 is 0 Å². The molecule has 1 aliphatic rings. The molecule has 1 saturated heterocycles. The lowest BCUT2D eigenvalue weighted by Crippen LogP contribution is -2.54. The largest absolute Gasteiger partial charge is 0.488 e. The fraction of sp³-hybridized carbons (Fsp3) is 0.450. The smallest absolute Gasteiger partial charge is 0.270 e. The Balaban J connectivity index is 1.59. The summed E-state index contributed by atoms with van der Waals surface area (Å²) in [6.07, 6.45) is 1.15. The number of benzene rings is 1. The number of fused-ring (bicyclic) bond motifs is 1. The summed E-state index contributed by atoms with van der Waals surface area (Å²) < 4.78 is 12.9. The van der Waals surface area contributed by atoms with Gasteiger partial charge in [-0.15, -0.1) is 11.3 Å². The van der Waals surface area contributed by atoms with Gasteiger partial charge in [0.1, 0.15) is 18.1 Å². The van der Waals surface area contributed by atoms with Gasteiger partial charge in [-0.1, -0.05) is 0 Å². The van der Waals surface area contributed by atoms with Crippen LogP contribution in [0.1, 0.15) is 33.9 Å². The van der Waals surface area contributed by atoms with Crippen molar-refractivity contribution >= 4 is 28.1 Å². The Labute approximate surface area is 172 Å². The number of amides is 1. The first-order valence-electron chi connectivity index (χ1n) is 9.51. The molecule has 0 bridgehead atoms. The highest BCUT2D eigenvalue weighted by atomic mass is 32.1. The molecule has 0 saturated carbocycles. The van der Waals surface area contributed by atoms with Crippen LogP contribution in [0.15, 0.2) is 23.7 Å². The van der Waals surface area contributed by atoms with E-state index >= 15 is 0 Å². The topological polar surface area (TPSA) is 98.5 Å². The third-order valence-electron chi connectivity index (χ3n) is 5.37. The van der Waals surface area contributed by atoms with Gasteiger partial charge in [0, 0.05) is 25.6 Å². The van der Waals surface area contributed by atoms with E-state index in [0.29, 0.717) is 55.0 Å². The molecule has 0 aliphatic carbocycles. The summed E-state index contributed by atoms with van der Waals surface area (Å²) in [5, 5.41) is 18.1. The molecule has 3 aromatic rings. The number of aliphatic hydroxyl groups excluding tert-OH is 1. The maximum absolute atomic E-state index is 13.1. The van der Waals surface area contributed by atoms with E-state index in [2.05, 4.69) is 15.4 Å². The van der Waals surface area contributed by atoms with Crippen molar-refractivity contribution in [3.8, 4) is 5.75 Å². The number of carbonyl (C=O) groups is 1. The number of nitrogens with zero attached hydrogens (tertiary/aromatic N) is 3. The van der Waals surface area contributed by atoms with Crippen LogP contribution >= 0.6 is 11.3 Å². The molecular formula is C20H24N4O4S. The SMILES string of the molecule is Cc1ncsc1COc1ccc2nn(C)c(C(=O)NC3(CO)CCOCC3)c2c1. The van der Waals surface area contributed by atoms with Gasteiger partial charge in [0.15, 0.2) is 0 Å². The normalized spacial score (nSPS) is 16.1. The number of thiazole rings is 1. The number of nitrogens with one attached hydrogen (secondary N) is 1. The van der Waals surface area contributed by atoms with Crippen LogP contribution in [0.2, 0.25) is 0 Å². The maximum atomic E-state index is 13.1. The van der Waals surface area contributed by atoms with Crippen LogP contribution in [-0.4, -0.2) is 51.1 Å². The van der Waals surface area contributed by atoms with Crippen LogP contribution in [0.4, 0.5) is 0 Å². The van der Waals surface area contributed by atoms with E-state index in [1.165, 1.54) is 0 Å². The van der Waals surface area contributed by atoms with Gasteiger partial charge in [-0.3, -0.25) is 9.48 Å². The van der Waals surface area contributed by atoms with Gasteiger partial charge in [0.2, 0.25) is 0 Å². The first-order valence-corrected chi connectivity index (χ1v) is 10.4. The quantitative estimate of drug-likeness (QED) is 0.639. The monoisotopic (exact) mass is 416 g/mol. The van der Waals surface area contributed by atoms with Gasteiger partial charge in [-0.2, -0.15) is 5.10 Å². The minimum Gasteiger partial charge on any atom is -0.488 e. The van der Waals surface area contributed by atoms with E-state index in [4.69, 9.17) is 9.47 Å². The molecule has 154 valence electrons. The molecule has 4 rings (SSSR count). The average Bonchev–Trinajstić information content (AvgIpc) is 3.28. The van der Waals surface area contributed by atoms with E-state index in [1.807, 2.05) is 25.1 Å². The highest BCUT2D eigenvalue weighted by molar-refractivity contribution is 7.09. The van der Waals surface area contributed by atoms with Crippen molar-refractivity contribution in [3.63, 3.8) is 0 Å². The van der Waals surface area contributed by atoms with E-state index in [-0.39, 0.29) is 12.5 Å². The Morgan fingerprint density at radius 2 is 2.21 bits per heavy atom.